The number of carbonyl (C=O) groups is 1. The average Bonchev–Trinajstić information content (AvgIpc) is 2.77. The first-order chi connectivity index (χ1) is 14.4. The average molecular weight is 429 g/mol. The maximum Gasteiger partial charge on any atom is 0.339 e. The van der Waals surface area contributed by atoms with Gasteiger partial charge in [-0.1, -0.05) is 30.3 Å². The van der Waals surface area contributed by atoms with E-state index in [1.54, 1.807) is 42.5 Å². The van der Waals surface area contributed by atoms with Gasteiger partial charge < -0.3 is 9.47 Å². The second kappa shape index (κ2) is 9.41. The zero-order valence-electron chi connectivity index (χ0n) is 16.2. The minimum Gasteiger partial charge on any atom is -0.490 e. The number of hydrogen-bond donors (Lipinski definition) is 0. The smallest absolute Gasteiger partial charge is 0.339 e. The summed E-state index contributed by atoms with van der Waals surface area (Å²) in [7, 11) is -2.56. The van der Waals surface area contributed by atoms with Gasteiger partial charge in [-0.2, -0.15) is 0 Å². The SMILES string of the molecule is CN(c1ccccc1)S(=O)(=O)c1ccccc1C(=O)OCCOc1ccc(F)cc1. The molecule has 0 spiro atoms. The zero-order chi connectivity index (χ0) is 21.6. The predicted octanol–water partition coefficient (Wildman–Crippen LogP) is 3.89. The molecule has 0 N–H and O–H groups in total. The van der Waals surface area contributed by atoms with Crippen LogP contribution in [0, 0.1) is 5.82 Å². The second-order valence-electron chi connectivity index (χ2n) is 6.24. The Labute approximate surface area is 174 Å². The van der Waals surface area contributed by atoms with Gasteiger partial charge in [0, 0.05) is 7.05 Å². The van der Waals surface area contributed by atoms with E-state index in [9.17, 15) is 17.6 Å². The van der Waals surface area contributed by atoms with Crippen LogP contribution in [-0.2, 0) is 14.8 Å². The molecule has 0 atom stereocenters. The molecule has 0 aliphatic carbocycles. The Kier molecular flexibility index (Phi) is 6.68. The molecule has 0 aromatic heterocycles. The van der Waals surface area contributed by atoms with E-state index in [0.29, 0.717) is 11.4 Å². The first-order valence-corrected chi connectivity index (χ1v) is 10.5. The van der Waals surface area contributed by atoms with Gasteiger partial charge in [0.15, 0.2) is 0 Å². The van der Waals surface area contributed by atoms with Crippen LogP contribution < -0.4 is 9.04 Å². The van der Waals surface area contributed by atoms with E-state index in [4.69, 9.17) is 9.47 Å². The van der Waals surface area contributed by atoms with Crippen LogP contribution in [0.3, 0.4) is 0 Å². The summed E-state index contributed by atoms with van der Waals surface area (Å²) in [5, 5.41) is 0. The number of esters is 1. The van der Waals surface area contributed by atoms with Crippen molar-refractivity contribution in [1.29, 1.82) is 0 Å². The number of carbonyl (C=O) groups excluding carboxylic acids is 1. The Morgan fingerprint density at radius 3 is 2.23 bits per heavy atom. The summed E-state index contributed by atoms with van der Waals surface area (Å²) in [6.07, 6.45) is 0. The quantitative estimate of drug-likeness (QED) is 0.401. The molecular formula is C22H20FNO5S. The monoisotopic (exact) mass is 429 g/mol. The summed E-state index contributed by atoms with van der Waals surface area (Å²) in [5.74, 6) is -0.731. The Balaban J connectivity index is 1.69. The van der Waals surface area contributed by atoms with Crippen LogP contribution in [0.2, 0.25) is 0 Å². The van der Waals surface area contributed by atoms with Gasteiger partial charge in [0.2, 0.25) is 0 Å². The molecule has 3 rings (SSSR count). The van der Waals surface area contributed by atoms with Gasteiger partial charge in [-0.05, 0) is 48.5 Å². The topological polar surface area (TPSA) is 72.9 Å². The summed E-state index contributed by atoms with van der Waals surface area (Å²) in [6, 6.07) is 19.8. The molecule has 30 heavy (non-hydrogen) atoms. The molecule has 0 amide bonds. The van der Waals surface area contributed by atoms with Crippen LogP contribution in [0.15, 0.2) is 83.8 Å². The van der Waals surface area contributed by atoms with Gasteiger partial charge in [-0.15, -0.1) is 0 Å². The maximum absolute atomic E-state index is 13.1. The van der Waals surface area contributed by atoms with E-state index in [0.717, 1.165) is 4.31 Å². The number of benzene rings is 3. The van der Waals surface area contributed by atoms with Gasteiger partial charge in [0.1, 0.15) is 29.7 Å². The van der Waals surface area contributed by atoms with Gasteiger partial charge in [0.25, 0.3) is 10.0 Å². The van der Waals surface area contributed by atoms with E-state index in [1.807, 2.05) is 0 Å². The molecule has 156 valence electrons. The lowest BCUT2D eigenvalue weighted by molar-refractivity contribution is 0.0446. The lowest BCUT2D eigenvalue weighted by atomic mass is 10.2. The number of para-hydroxylation sites is 1. The zero-order valence-corrected chi connectivity index (χ0v) is 17.0. The molecular weight excluding hydrogens is 409 g/mol. The van der Waals surface area contributed by atoms with Crippen LogP contribution in [0.1, 0.15) is 10.4 Å². The van der Waals surface area contributed by atoms with Crippen LogP contribution >= 0.6 is 0 Å². The Morgan fingerprint density at radius 2 is 1.53 bits per heavy atom. The lowest BCUT2D eigenvalue weighted by Crippen LogP contribution is -2.28. The number of anilines is 1. The third-order valence-corrected chi connectivity index (χ3v) is 6.11. The van der Waals surface area contributed by atoms with Gasteiger partial charge in [-0.25, -0.2) is 17.6 Å². The molecule has 0 saturated carbocycles. The maximum atomic E-state index is 13.1. The summed E-state index contributed by atoms with van der Waals surface area (Å²) in [5.41, 5.74) is 0.399. The minimum absolute atomic E-state index is 0.0379. The molecule has 0 heterocycles. The third-order valence-electron chi connectivity index (χ3n) is 4.26. The fourth-order valence-corrected chi connectivity index (χ4v) is 4.06. The minimum atomic E-state index is -3.98. The summed E-state index contributed by atoms with van der Waals surface area (Å²) < 4.78 is 50.7. The van der Waals surface area contributed by atoms with Crippen molar-refractivity contribution >= 4 is 21.7 Å². The van der Waals surface area contributed by atoms with Crippen molar-refractivity contribution in [3.8, 4) is 5.75 Å². The standard InChI is InChI=1S/C22H20FNO5S/c1-24(18-7-3-2-4-8-18)30(26,27)21-10-6-5-9-20(21)22(25)29-16-15-28-19-13-11-17(23)12-14-19/h2-14H,15-16H2,1H3. The molecule has 3 aromatic rings. The molecule has 0 bridgehead atoms. The summed E-state index contributed by atoms with van der Waals surface area (Å²) in [6.45, 7) is -0.0602. The van der Waals surface area contributed by atoms with Crippen molar-refractivity contribution in [2.75, 3.05) is 24.6 Å². The van der Waals surface area contributed by atoms with E-state index in [2.05, 4.69) is 0 Å². The molecule has 8 heteroatoms. The van der Waals surface area contributed by atoms with Crippen molar-refractivity contribution in [3.05, 3.63) is 90.2 Å². The fraction of sp³-hybridized carbons (Fsp3) is 0.136. The van der Waals surface area contributed by atoms with Gasteiger partial charge in [-0.3, -0.25) is 4.31 Å². The van der Waals surface area contributed by atoms with Crippen LogP contribution in [0.25, 0.3) is 0 Å². The number of ether oxygens (including phenoxy) is 2. The molecule has 0 fully saturated rings. The number of halogens is 1. The van der Waals surface area contributed by atoms with Crippen molar-refractivity contribution in [1.82, 2.24) is 0 Å². The number of rotatable bonds is 8. The number of hydrogen-bond acceptors (Lipinski definition) is 5. The van der Waals surface area contributed by atoms with Crippen molar-refractivity contribution < 1.29 is 27.1 Å². The van der Waals surface area contributed by atoms with Crippen molar-refractivity contribution in [2.24, 2.45) is 0 Å². The largest absolute Gasteiger partial charge is 0.490 e. The van der Waals surface area contributed by atoms with Crippen LogP contribution in [-0.4, -0.2) is 34.6 Å². The molecule has 3 aromatic carbocycles. The van der Waals surface area contributed by atoms with Gasteiger partial charge in [0.05, 0.1) is 11.3 Å². The number of nitrogens with zero attached hydrogens (tertiary/aromatic N) is 1. The highest BCUT2D eigenvalue weighted by atomic mass is 32.2. The van der Waals surface area contributed by atoms with E-state index >= 15 is 0 Å². The summed E-state index contributed by atoms with van der Waals surface area (Å²) >= 11 is 0. The van der Waals surface area contributed by atoms with Crippen molar-refractivity contribution in [3.63, 3.8) is 0 Å². The molecule has 0 aliphatic heterocycles. The first-order valence-electron chi connectivity index (χ1n) is 9.08. The molecule has 0 saturated heterocycles. The third kappa shape index (κ3) is 4.96. The van der Waals surface area contributed by atoms with Gasteiger partial charge >= 0.3 is 5.97 Å². The van der Waals surface area contributed by atoms with Crippen molar-refractivity contribution in [2.45, 2.75) is 4.90 Å². The second-order valence-corrected chi connectivity index (χ2v) is 8.18. The highest BCUT2D eigenvalue weighted by molar-refractivity contribution is 7.92. The van der Waals surface area contributed by atoms with Crippen LogP contribution in [0.5, 0.6) is 5.75 Å². The van der Waals surface area contributed by atoms with E-state index in [1.165, 1.54) is 43.4 Å². The summed E-state index contributed by atoms with van der Waals surface area (Å²) in [4.78, 5) is 12.4. The van der Waals surface area contributed by atoms with Crippen LogP contribution in [0.4, 0.5) is 10.1 Å². The predicted molar refractivity (Wildman–Crippen MR) is 111 cm³/mol. The fourth-order valence-electron chi connectivity index (χ4n) is 2.69. The normalized spacial score (nSPS) is 11.0. The lowest BCUT2D eigenvalue weighted by Gasteiger charge is -2.20. The molecule has 0 aliphatic rings. The Hall–Kier alpha value is -3.39. The number of sulfonamides is 1. The molecule has 0 unspecified atom stereocenters. The Bertz CT molecular complexity index is 1100. The Morgan fingerprint density at radius 1 is 0.900 bits per heavy atom. The molecule has 0 radical (unpaired) electrons. The van der Waals surface area contributed by atoms with E-state index < -0.39 is 16.0 Å². The highest BCUT2D eigenvalue weighted by Crippen LogP contribution is 2.24. The highest BCUT2D eigenvalue weighted by Gasteiger charge is 2.27. The van der Waals surface area contributed by atoms with E-state index in [-0.39, 0.29) is 29.5 Å². The molecule has 6 nitrogen and oxygen atoms in total. The first kappa shape index (κ1) is 21.3.